The average molecular weight is 1520 g/mol. The number of carbonyl (C=O) groups excluding carboxylic acids is 5. The standard InChI is InChI=1S/C20H18ClN5O.C15H15N3O2.C14H14N4O4.C9H7NO5.C7H8ClN.C5H9N3.C4H10O3/c21-18-4-1-3-15(11-18)13-22-20(27)16-5-6-17-14-26(24-19(17)12-16)10-9-25-8-2-7-23-25;1-20-15(19)12-4-5-13-11-18(16-14(13)10-12)9-8-17-6-2-3-7-17;1-22-14(19)11-3-4-12(13(9-11)18(20)21)10-15-6-8-17-7-2-5-16-17;1-15-9(12)6-2-3-7(5-11)8(4-6)10(13)14;8-7-3-1-2-6(4-7)5-9;6-2-5-8-4-1-3-7-8;1-5-4(6-2)7-3/h1-8,11-12,14H,9-10,13H2,(H,22,27);2-7,10-11H,8-9H2,1H3;2-5,7,9-10H,6,8H2,1H3;2-5H,1H3;1-4H,5,9H2;1,3-4H,2,5-6H2;4H,1-3H3. The minimum atomic E-state index is -0.726. The van der Waals surface area contributed by atoms with Gasteiger partial charge in [-0.3, -0.25) is 58.2 Å². The summed E-state index contributed by atoms with van der Waals surface area (Å²) in [5.41, 5.74) is 15.2. The highest BCUT2D eigenvalue weighted by molar-refractivity contribution is 6.31. The van der Waals surface area contributed by atoms with Crippen molar-refractivity contribution in [3.63, 3.8) is 0 Å². The number of ether oxygens (including phenoxy) is 6. The molecule has 0 aliphatic rings. The number of hydrogen-bond donors (Lipinski definition) is 3. The maximum atomic E-state index is 12.4. The lowest BCUT2D eigenvalue weighted by Gasteiger charge is -2.08. The van der Waals surface area contributed by atoms with Crippen LogP contribution in [0.15, 0.2) is 219 Å². The Hall–Kier alpha value is -12.4. The first-order chi connectivity index (χ1) is 52.2. The molecule has 0 fully saturated rings. The SMILES string of the molecule is COC(=O)c1ccc(C=NCCn2cccn2)c([N+](=O)[O-])c1.COC(=O)c1ccc(C=O)c([N+](=O)[O-])c1.COC(=O)c1ccc2cn(CCn3cccc3)nc2c1.COC(OC)OC.NCCn1cccn1.NCc1cccc(Cl)c1.O=C(NCc1cccc(Cl)c1)c1ccc2cn(CCn3cccn3)nc2c1. The Balaban J connectivity index is 0.000000207. The fraction of sp³-hybridized carbons (Fsp3) is 0.230. The van der Waals surface area contributed by atoms with Crippen molar-refractivity contribution in [1.82, 2.24) is 58.8 Å². The summed E-state index contributed by atoms with van der Waals surface area (Å²) in [5, 5.41) is 49.2. The first-order valence-electron chi connectivity index (χ1n) is 32.8. The molecule has 0 atom stereocenters. The second-order valence-corrected chi connectivity index (χ2v) is 23.1. The summed E-state index contributed by atoms with van der Waals surface area (Å²) >= 11 is 11.6. The van der Waals surface area contributed by atoms with E-state index in [0.29, 0.717) is 67.3 Å². The predicted molar refractivity (Wildman–Crippen MR) is 404 cm³/mol. The largest absolute Gasteiger partial charge is 0.465 e. The number of aryl methyl sites for hydroxylation is 4. The third kappa shape index (κ3) is 28.2. The van der Waals surface area contributed by atoms with Crippen LogP contribution in [0.25, 0.3) is 21.8 Å². The number of nitro benzene ring substituents is 2. The van der Waals surface area contributed by atoms with E-state index in [0.717, 1.165) is 70.2 Å². The maximum absolute atomic E-state index is 12.4. The lowest BCUT2D eigenvalue weighted by Crippen LogP contribution is -2.22. The Labute approximate surface area is 630 Å². The number of nitrogens with two attached hydrogens (primary N) is 2. The topological polar surface area (TPSA) is 397 Å². The molecule has 566 valence electrons. The number of amides is 1. The first-order valence-corrected chi connectivity index (χ1v) is 33.5. The molecule has 12 rings (SSSR count). The van der Waals surface area contributed by atoms with Gasteiger partial charge >= 0.3 is 17.9 Å². The van der Waals surface area contributed by atoms with Crippen LogP contribution in [0, 0.1) is 20.2 Å². The third-order valence-electron chi connectivity index (χ3n) is 14.8. The smallest absolute Gasteiger partial charge is 0.338 e. The highest BCUT2D eigenvalue weighted by Gasteiger charge is 2.19. The van der Waals surface area contributed by atoms with E-state index in [2.05, 4.69) is 64.1 Å². The molecule has 0 unspecified atom stereocenters. The number of aromatic nitrogens is 11. The molecule has 34 heteroatoms. The number of methoxy groups -OCH3 is 6. The van der Waals surface area contributed by atoms with Crippen molar-refractivity contribution in [3.05, 3.63) is 288 Å². The van der Waals surface area contributed by atoms with Gasteiger partial charge in [0.05, 0.1) is 109 Å². The highest BCUT2D eigenvalue weighted by atomic mass is 35.5. The molecule has 0 radical (unpaired) electrons. The molecular formula is C74H81Cl2N17O15. The highest BCUT2D eigenvalue weighted by Crippen LogP contribution is 2.22. The summed E-state index contributed by atoms with van der Waals surface area (Å²) in [5.74, 6) is -1.78. The van der Waals surface area contributed by atoms with Crippen molar-refractivity contribution in [2.24, 2.45) is 16.5 Å². The van der Waals surface area contributed by atoms with E-state index in [1.165, 1.54) is 79.2 Å². The number of halogens is 2. The first kappa shape index (κ1) is 84.5. The molecule has 0 bridgehead atoms. The maximum Gasteiger partial charge on any atom is 0.338 e. The summed E-state index contributed by atoms with van der Waals surface area (Å²) < 4.78 is 38.7. The predicted octanol–water partition coefficient (Wildman–Crippen LogP) is 10.6. The summed E-state index contributed by atoms with van der Waals surface area (Å²) in [6.45, 7) is 6.07. The Morgan fingerprint density at radius 1 is 0.519 bits per heavy atom. The monoisotopic (exact) mass is 1520 g/mol. The quantitative estimate of drug-likeness (QED) is 0.00910. The van der Waals surface area contributed by atoms with Gasteiger partial charge in [-0.2, -0.15) is 25.5 Å². The second-order valence-electron chi connectivity index (χ2n) is 22.2. The van der Waals surface area contributed by atoms with Crippen LogP contribution in [0.1, 0.15) is 68.5 Å². The van der Waals surface area contributed by atoms with E-state index in [4.69, 9.17) is 39.4 Å². The van der Waals surface area contributed by atoms with Crippen LogP contribution in [-0.2, 0) is 80.8 Å². The zero-order valence-corrected chi connectivity index (χ0v) is 61.3. The van der Waals surface area contributed by atoms with Crippen molar-refractivity contribution < 1.29 is 62.2 Å². The van der Waals surface area contributed by atoms with Crippen LogP contribution in [0.3, 0.4) is 0 Å². The van der Waals surface area contributed by atoms with E-state index in [9.17, 15) is 44.2 Å². The minimum Gasteiger partial charge on any atom is -0.465 e. The summed E-state index contributed by atoms with van der Waals surface area (Å²) in [4.78, 5) is 81.3. The molecule has 1 amide bonds. The minimum absolute atomic E-state index is 0.0369. The van der Waals surface area contributed by atoms with Crippen LogP contribution in [0.4, 0.5) is 11.4 Å². The number of nitrogens with one attached hydrogen (secondary N) is 1. The number of nitrogens with zero attached hydrogens (tertiary/aromatic N) is 14. The van der Waals surface area contributed by atoms with Crippen molar-refractivity contribution in [2.75, 3.05) is 55.7 Å². The van der Waals surface area contributed by atoms with Crippen LogP contribution >= 0.6 is 23.2 Å². The number of carbonyl (C=O) groups is 5. The van der Waals surface area contributed by atoms with Crippen LogP contribution in [-0.4, -0.2) is 162 Å². The van der Waals surface area contributed by atoms with Gasteiger partial charge in [0.1, 0.15) is 0 Å². The molecule has 0 aliphatic heterocycles. The van der Waals surface area contributed by atoms with Crippen molar-refractivity contribution in [3.8, 4) is 0 Å². The molecule has 6 heterocycles. The Kier molecular flexibility index (Phi) is 35.8. The average Bonchev–Trinajstić information content (AvgIpc) is 1.55. The Morgan fingerprint density at radius 3 is 1.42 bits per heavy atom. The van der Waals surface area contributed by atoms with Gasteiger partial charge in [0.15, 0.2) is 6.29 Å². The molecule has 6 aromatic carbocycles. The lowest BCUT2D eigenvalue weighted by atomic mass is 10.1. The molecule has 0 saturated heterocycles. The van der Waals surface area contributed by atoms with Gasteiger partial charge in [-0.05, 0) is 114 Å². The molecule has 0 spiro atoms. The molecule has 108 heavy (non-hydrogen) atoms. The van der Waals surface area contributed by atoms with Gasteiger partial charge in [-0.15, -0.1) is 0 Å². The Bertz CT molecular complexity index is 4790. The second kappa shape index (κ2) is 45.7. The van der Waals surface area contributed by atoms with E-state index >= 15 is 0 Å². The van der Waals surface area contributed by atoms with E-state index in [-0.39, 0.29) is 34.3 Å². The van der Waals surface area contributed by atoms with Gasteiger partial charge in [0, 0.05) is 154 Å². The van der Waals surface area contributed by atoms with Gasteiger partial charge < -0.3 is 49.8 Å². The van der Waals surface area contributed by atoms with Crippen LogP contribution < -0.4 is 16.8 Å². The summed E-state index contributed by atoms with van der Waals surface area (Å²) in [6, 6.07) is 43.2. The van der Waals surface area contributed by atoms with Gasteiger partial charge in [-0.1, -0.05) is 59.6 Å². The fourth-order valence-electron chi connectivity index (χ4n) is 9.43. The molecular weight excluding hydrogens is 1440 g/mol. The summed E-state index contributed by atoms with van der Waals surface area (Å²) in [6.07, 6.45) is 20.6. The van der Waals surface area contributed by atoms with Gasteiger partial charge in [0.25, 0.3) is 23.8 Å². The number of aliphatic imine (C=N–C) groups is 1. The van der Waals surface area contributed by atoms with Gasteiger partial charge in [-0.25, -0.2) is 14.4 Å². The van der Waals surface area contributed by atoms with E-state index in [1.54, 1.807) is 46.2 Å². The molecule has 12 aromatic rings. The lowest BCUT2D eigenvalue weighted by molar-refractivity contribution is -0.385. The molecule has 5 N–H and O–H groups in total. The molecule has 32 nitrogen and oxygen atoms in total. The van der Waals surface area contributed by atoms with Crippen LogP contribution in [0.2, 0.25) is 10.0 Å². The number of esters is 3. The number of fused-ring (bicyclic) bond motifs is 2. The third-order valence-corrected chi connectivity index (χ3v) is 15.3. The zero-order chi connectivity index (χ0) is 78.2. The van der Waals surface area contributed by atoms with Gasteiger partial charge in [0.2, 0.25) is 0 Å². The zero-order valence-electron chi connectivity index (χ0n) is 59.8. The number of benzene rings is 6. The van der Waals surface area contributed by atoms with Crippen molar-refractivity contribution >= 4 is 92.7 Å². The van der Waals surface area contributed by atoms with Crippen LogP contribution in [0.5, 0.6) is 0 Å². The number of hydrogen-bond acceptors (Lipinski definition) is 23. The summed E-state index contributed by atoms with van der Waals surface area (Å²) in [7, 11) is 8.30. The number of aldehydes is 1. The Morgan fingerprint density at radius 2 is 0.963 bits per heavy atom. The number of rotatable bonds is 25. The molecule has 0 saturated carbocycles. The fourth-order valence-corrected chi connectivity index (χ4v) is 9.86. The molecule has 6 aromatic heterocycles. The molecule has 0 aliphatic carbocycles. The van der Waals surface area contributed by atoms with E-state index < -0.39 is 33.9 Å². The van der Waals surface area contributed by atoms with Crippen molar-refractivity contribution in [1.29, 1.82) is 0 Å². The number of nitro groups is 2. The van der Waals surface area contributed by atoms with E-state index in [1.807, 2.05) is 154 Å². The normalized spacial score (nSPS) is 10.4. The van der Waals surface area contributed by atoms with Crippen molar-refractivity contribution in [2.45, 2.75) is 58.8 Å².